The van der Waals surface area contributed by atoms with E-state index in [9.17, 15) is 0 Å². The van der Waals surface area contributed by atoms with Crippen LogP contribution in [-0.2, 0) is 0 Å². The van der Waals surface area contributed by atoms with Crippen LogP contribution in [0.5, 0.6) is 0 Å². The third kappa shape index (κ3) is 4.18. The molecule has 196 valence electrons. The second-order valence-electron chi connectivity index (χ2n) is 10.4. The van der Waals surface area contributed by atoms with Crippen LogP contribution in [0.25, 0.3) is 77.3 Å². The second-order valence-corrected chi connectivity index (χ2v) is 10.4. The number of para-hydroxylation sites is 1. The number of hydrogen-bond donors (Lipinski definition) is 0. The number of nitrogens with zero attached hydrogens (tertiary/aromatic N) is 4. The zero-order valence-corrected chi connectivity index (χ0v) is 22.6. The van der Waals surface area contributed by atoms with Crippen molar-refractivity contribution in [2.45, 2.75) is 0 Å². The van der Waals surface area contributed by atoms with Gasteiger partial charge in [-0.2, -0.15) is 0 Å². The summed E-state index contributed by atoms with van der Waals surface area (Å²) >= 11 is 0. The Morgan fingerprint density at radius 3 is 1.67 bits per heavy atom. The van der Waals surface area contributed by atoms with Gasteiger partial charge in [-0.15, -0.1) is 0 Å². The van der Waals surface area contributed by atoms with E-state index >= 15 is 0 Å². The lowest BCUT2D eigenvalue weighted by Gasteiger charge is -2.13. The fraction of sp³-hybridized carbons (Fsp3) is 0. The highest BCUT2D eigenvalue weighted by Gasteiger charge is 2.14. The number of benzene rings is 4. The molecule has 4 aromatic heterocycles. The van der Waals surface area contributed by atoms with Gasteiger partial charge < -0.3 is 0 Å². The Balaban J connectivity index is 1.28. The number of fused-ring (bicyclic) bond motifs is 5. The highest BCUT2D eigenvalue weighted by atomic mass is 14.7. The fourth-order valence-electron chi connectivity index (χ4n) is 5.80. The monoisotopic (exact) mass is 536 g/mol. The van der Waals surface area contributed by atoms with Crippen LogP contribution in [0.1, 0.15) is 0 Å². The SMILES string of the molecule is c1ccc2c(c1)ccc1c(-c3ccc(-c4cc(-c5ccncc5)nc(-c5ccncc5)c4)cc3)nc3ccccc3c12. The van der Waals surface area contributed by atoms with Crippen molar-refractivity contribution in [3.8, 4) is 44.9 Å². The zero-order valence-electron chi connectivity index (χ0n) is 22.6. The number of hydrogen-bond acceptors (Lipinski definition) is 4. The van der Waals surface area contributed by atoms with Gasteiger partial charge in [0.1, 0.15) is 0 Å². The van der Waals surface area contributed by atoms with E-state index < -0.39 is 0 Å². The Bertz CT molecular complexity index is 2150. The number of pyridine rings is 4. The Kier molecular flexibility index (Phi) is 5.75. The molecule has 8 aromatic rings. The van der Waals surface area contributed by atoms with Crippen LogP contribution in [0, 0.1) is 0 Å². The van der Waals surface area contributed by atoms with Crippen LogP contribution in [0.3, 0.4) is 0 Å². The maximum atomic E-state index is 5.17. The van der Waals surface area contributed by atoms with Crippen LogP contribution in [0.4, 0.5) is 0 Å². The van der Waals surface area contributed by atoms with Gasteiger partial charge in [0.05, 0.1) is 22.6 Å². The minimum absolute atomic E-state index is 0.903. The van der Waals surface area contributed by atoms with Crippen LogP contribution >= 0.6 is 0 Å². The molecular formula is C38H24N4. The lowest BCUT2D eigenvalue weighted by atomic mass is 9.94. The molecule has 0 fully saturated rings. The van der Waals surface area contributed by atoms with Crippen LogP contribution < -0.4 is 0 Å². The van der Waals surface area contributed by atoms with E-state index in [-0.39, 0.29) is 0 Å². The van der Waals surface area contributed by atoms with Crippen molar-refractivity contribution < 1.29 is 0 Å². The molecule has 4 heterocycles. The molecule has 8 rings (SSSR count). The summed E-state index contributed by atoms with van der Waals surface area (Å²) in [5.74, 6) is 0. The molecule has 4 aromatic carbocycles. The van der Waals surface area contributed by atoms with Crippen LogP contribution in [0.15, 0.2) is 146 Å². The van der Waals surface area contributed by atoms with E-state index in [1.165, 1.54) is 21.5 Å². The zero-order chi connectivity index (χ0) is 27.9. The molecule has 0 radical (unpaired) electrons. The van der Waals surface area contributed by atoms with Crippen molar-refractivity contribution in [1.82, 2.24) is 19.9 Å². The van der Waals surface area contributed by atoms with Crippen LogP contribution in [-0.4, -0.2) is 19.9 Å². The van der Waals surface area contributed by atoms with Gasteiger partial charge >= 0.3 is 0 Å². The van der Waals surface area contributed by atoms with Gasteiger partial charge in [-0.1, -0.05) is 78.9 Å². The Labute approximate surface area is 243 Å². The molecule has 0 bridgehead atoms. The van der Waals surface area contributed by atoms with Crippen molar-refractivity contribution in [2.24, 2.45) is 0 Å². The summed E-state index contributed by atoms with van der Waals surface area (Å²) in [5.41, 5.74) is 9.14. The van der Waals surface area contributed by atoms with Crippen molar-refractivity contribution >= 4 is 32.4 Å². The Hall–Kier alpha value is -5.74. The van der Waals surface area contributed by atoms with Crippen molar-refractivity contribution in [3.05, 3.63) is 146 Å². The standard InChI is InChI=1S/C38H24N4/c1-2-6-31-26(5-1)13-14-33-37(31)32-7-3-4-8-34(32)42-38(33)29-11-9-25(10-12-29)30-23-35(27-15-19-39-20-16-27)41-36(24-30)28-17-21-40-22-18-28/h1-24H. The average Bonchev–Trinajstić information content (AvgIpc) is 3.08. The molecule has 0 aliphatic rings. The lowest BCUT2D eigenvalue weighted by Crippen LogP contribution is -1.92. The van der Waals surface area contributed by atoms with Crippen molar-refractivity contribution in [1.29, 1.82) is 0 Å². The summed E-state index contributed by atoms with van der Waals surface area (Å²) in [7, 11) is 0. The van der Waals surface area contributed by atoms with Gasteiger partial charge in [0.15, 0.2) is 0 Å². The van der Waals surface area contributed by atoms with E-state index in [4.69, 9.17) is 9.97 Å². The van der Waals surface area contributed by atoms with Crippen molar-refractivity contribution in [3.63, 3.8) is 0 Å². The smallest absolute Gasteiger partial charge is 0.0788 e. The summed E-state index contributed by atoms with van der Waals surface area (Å²) in [6.45, 7) is 0. The van der Waals surface area contributed by atoms with Gasteiger partial charge in [0.2, 0.25) is 0 Å². The maximum absolute atomic E-state index is 5.17. The maximum Gasteiger partial charge on any atom is 0.0788 e. The molecule has 0 amide bonds. The van der Waals surface area contributed by atoms with Gasteiger partial charge in [-0.3, -0.25) is 9.97 Å². The first-order valence-corrected chi connectivity index (χ1v) is 14.0. The molecule has 42 heavy (non-hydrogen) atoms. The molecule has 0 N–H and O–H groups in total. The fourth-order valence-corrected chi connectivity index (χ4v) is 5.80. The van der Waals surface area contributed by atoms with Gasteiger partial charge in [-0.05, 0) is 64.4 Å². The Morgan fingerprint density at radius 2 is 0.976 bits per heavy atom. The summed E-state index contributed by atoms with van der Waals surface area (Å²) in [4.78, 5) is 18.5. The molecule has 4 heteroatoms. The van der Waals surface area contributed by atoms with E-state index in [2.05, 4.69) is 107 Å². The summed E-state index contributed by atoms with van der Waals surface area (Å²) in [6.07, 6.45) is 7.20. The predicted octanol–water partition coefficient (Wildman–Crippen LogP) is 9.39. The van der Waals surface area contributed by atoms with Crippen LogP contribution in [0.2, 0.25) is 0 Å². The quantitative estimate of drug-likeness (QED) is 0.210. The predicted molar refractivity (Wildman–Crippen MR) is 172 cm³/mol. The highest BCUT2D eigenvalue weighted by molar-refractivity contribution is 6.22. The number of aromatic nitrogens is 4. The van der Waals surface area contributed by atoms with E-state index in [1.807, 2.05) is 24.3 Å². The molecule has 0 unspecified atom stereocenters. The minimum Gasteiger partial charge on any atom is -0.265 e. The van der Waals surface area contributed by atoms with E-state index in [0.717, 1.165) is 55.8 Å². The molecule has 0 aliphatic carbocycles. The summed E-state index contributed by atoms with van der Waals surface area (Å²) < 4.78 is 0. The van der Waals surface area contributed by atoms with E-state index in [0.29, 0.717) is 0 Å². The molecule has 0 aliphatic heterocycles. The largest absolute Gasteiger partial charge is 0.265 e. The van der Waals surface area contributed by atoms with Gasteiger partial charge in [0.25, 0.3) is 0 Å². The third-order valence-corrected chi connectivity index (χ3v) is 7.86. The lowest BCUT2D eigenvalue weighted by molar-refractivity contribution is 1.27. The molecule has 0 saturated carbocycles. The topological polar surface area (TPSA) is 51.6 Å². The first-order valence-electron chi connectivity index (χ1n) is 14.0. The summed E-state index contributed by atoms with van der Waals surface area (Å²) in [5, 5.41) is 6.06. The third-order valence-electron chi connectivity index (χ3n) is 7.86. The van der Waals surface area contributed by atoms with Crippen molar-refractivity contribution in [2.75, 3.05) is 0 Å². The Morgan fingerprint density at radius 1 is 0.381 bits per heavy atom. The second kappa shape index (κ2) is 10.0. The van der Waals surface area contributed by atoms with E-state index in [1.54, 1.807) is 24.8 Å². The molecule has 0 atom stereocenters. The van der Waals surface area contributed by atoms with Gasteiger partial charge in [-0.25, -0.2) is 9.97 Å². The molecular weight excluding hydrogens is 512 g/mol. The highest BCUT2D eigenvalue weighted by Crippen LogP contribution is 2.38. The molecule has 4 nitrogen and oxygen atoms in total. The normalized spacial score (nSPS) is 11.3. The number of rotatable bonds is 4. The molecule has 0 saturated heterocycles. The molecule has 0 spiro atoms. The summed E-state index contributed by atoms with van der Waals surface area (Å²) in [6, 6.07) is 42.4. The first kappa shape index (κ1) is 24.1. The van der Waals surface area contributed by atoms with Gasteiger partial charge in [0, 0.05) is 57.6 Å². The average molecular weight is 537 g/mol. The minimum atomic E-state index is 0.903. The first-order chi connectivity index (χ1) is 20.8.